The summed E-state index contributed by atoms with van der Waals surface area (Å²) in [4.78, 5) is 18.0. The fraction of sp³-hybridized carbons (Fsp3) is 0.400. The van der Waals surface area contributed by atoms with Crippen molar-refractivity contribution in [1.82, 2.24) is 15.0 Å². The lowest BCUT2D eigenvalue weighted by molar-refractivity contribution is -0.130. The van der Waals surface area contributed by atoms with Crippen molar-refractivity contribution in [2.45, 2.75) is 18.8 Å². The van der Waals surface area contributed by atoms with Crippen molar-refractivity contribution in [3.8, 4) is 11.4 Å². The first-order chi connectivity index (χ1) is 10.7. The van der Waals surface area contributed by atoms with Crippen molar-refractivity contribution in [2.75, 3.05) is 19.6 Å². The second-order valence-corrected chi connectivity index (χ2v) is 5.78. The highest BCUT2D eigenvalue weighted by Gasteiger charge is 2.28. The Hall–Kier alpha value is -1.92. The normalized spacial score (nSPS) is 18.5. The molecule has 2 N–H and O–H groups in total. The average Bonchev–Trinajstić information content (AvgIpc) is 3.05. The standard InChI is InChI=1S/C15H17ClN4O2/c16-12-5-3-10(4-6-12)14-18-15(22-19-14)11-2-1-7-20(9-11)13(21)8-17/h3-6,11H,1-2,7-9,17H2. The van der Waals surface area contributed by atoms with Gasteiger partial charge in [-0.05, 0) is 37.1 Å². The molecule has 1 atom stereocenters. The molecule has 3 rings (SSSR count). The van der Waals surface area contributed by atoms with Crippen LogP contribution in [0.5, 0.6) is 0 Å². The first-order valence-corrected chi connectivity index (χ1v) is 7.62. The van der Waals surface area contributed by atoms with E-state index in [0.717, 1.165) is 24.9 Å². The van der Waals surface area contributed by atoms with E-state index < -0.39 is 0 Å². The van der Waals surface area contributed by atoms with Crippen LogP contribution in [0.3, 0.4) is 0 Å². The number of halogens is 1. The SMILES string of the molecule is NCC(=O)N1CCCC(c2nc(-c3ccc(Cl)cc3)no2)C1. The summed E-state index contributed by atoms with van der Waals surface area (Å²) in [5, 5.41) is 4.69. The van der Waals surface area contributed by atoms with Gasteiger partial charge >= 0.3 is 0 Å². The Kier molecular flexibility index (Phi) is 4.40. The number of hydrogen-bond donors (Lipinski definition) is 1. The van der Waals surface area contributed by atoms with Crippen molar-refractivity contribution < 1.29 is 9.32 Å². The number of nitrogens with zero attached hydrogens (tertiary/aromatic N) is 3. The van der Waals surface area contributed by atoms with Crippen molar-refractivity contribution in [3.63, 3.8) is 0 Å². The third-order valence-corrected chi connectivity index (χ3v) is 4.09. The van der Waals surface area contributed by atoms with Crippen LogP contribution in [0.4, 0.5) is 0 Å². The number of carbonyl (C=O) groups is 1. The van der Waals surface area contributed by atoms with Crippen LogP contribution in [-0.2, 0) is 4.79 Å². The first kappa shape index (κ1) is 15.0. The predicted octanol–water partition coefficient (Wildman–Crippen LogP) is 2.05. The van der Waals surface area contributed by atoms with Gasteiger partial charge in [0.2, 0.25) is 17.6 Å². The zero-order valence-electron chi connectivity index (χ0n) is 12.0. The topological polar surface area (TPSA) is 85.3 Å². The Labute approximate surface area is 133 Å². The van der Waals surface area contributed by atoms with E-state index in [9.17, 15) is 4.79 Å². The number of rotatable bonds is 3. The molecule has 2 heterocycles. The smallest absolute Gasteiger partial charge is 0.236 e. The molecule has 6 nitrogen and oxygen atoms in total. The number of hydrogen-bond acceptors (Lipinski definition) is 5. The van der Waals surface area contributed by atoms with Gasteiger partial charge in [-0.2, -0.15) is 4.98 Å². The molecule has 0 saturated carbocycles. The summed E-state index contributed by atoms with van der Waals surface area (Å²) >= 11 is 5.87. The fourth-order valence-corrected chi connectivity index (χ4v) is 2.78. The van der Waals surface area contributed by atoms with Gasteiger partial charge in [0.25, 0.3) is 0 Å². The number of piperidine rings is 1. The molecule has 1 fully saturated rings. The number of benzene rings is 1. The fourth-order valence-electron chi connectivity index (χ4n) is 2.65. The van der Waals surface area contributed by atoms with Crippen molar-refractivity contribution in [3.05, 3.63) is 35.2 Å². The lowest BCUT2D eigenvalue weighted by Crippen LogP contribution is -2.42. The lowest BCUT2D eigenvalue weighted by Gasteiger charge is -2.30. The summed E-state index contributed by atoms with van der Waals surface area (Å²) < 4.78 is 5.39. The zero-order valence-corrected chi connectivity index (χ0v) is 12.8. The maximum Gasteiger partial charge on any atom is 0.236 e. The third kappa shape index (κ3) is 3.13. The van der Waals surface area contributed by atoms with Gasteiger partial charge in [0.15, 0.2) is 0 Å². The summed E-state index contributed by atoms with van der Waals surface area (Å²) in [5.74, 6) is 1.13. The Bertz CT molecular complexity index is 656. The minimum atomic E-state index is -0.0397. The Morgan fingerprint density at radius 1 is 1.41 bits per heavy atom. The molecular weight excluding hydrogens is 304 g/mol. The van der Waals surface area contributed by atoms with Gasteiger partial charge in [0.05, 0.1) is 12.5 Å². The quantitative estimate of drug-likeness (QED) is 0.935. The van der Waals surface area contributed by atoms with Gasteiger partial charge in [-0.1, -0.05) is 16.8 Å². The largest absolute Gasteiger partial charge is 0.341 e. The lowest BCUT2D eigenvalue weighted by atomic mass is 9.98. The van der Waals surface area contributed by atoms with Crippen LogP contribution in [0.15, 0.2) is 28.8 Å². The van der Waals surface area contributed by atoms with Crippen LogP contribution in [0.2, 0.25) is 5.02 Å². The molecule has 0 bridgehead atoms. The van der Waals surface area contributed by atoms with Crippen LogP contribution >= 0.6 is 11.6 Å². The van der Waals surface area contributed by atoms with E-state index in [1.807, 2.05) is 12.1 Å². The highest BCUT2D eigenvalue weighted by molar-refractivity contribution is 6.30. The maximum absolute atomic E-state index is 11.7. The second kappa shape index (κ2) is 6.46. The van der Waals surface area contributed by atoms with Gasteiger partial charge in [0.1, 0.15) is 0 Å². The van der Waals surface area contributed by atoms with Gasteiger partial charge < -0.3 is 15.2 Å². The van der Waals surface area contributed by atoms with Crippen molar-refractivity contribution in [1.29, 1.82) is 0 Å². The summed E-state index contributed by atoms with van der Waals surface area (Å²) in [6.45, 7) is 1.36. The zero-order chi connectivity index (χ0) is 15.5. The predicted molar refractivity (Wildman–Crippen MR) is 82.4 cm³/mol. The summed E-state index contributed by atoms with van der Waals surface area (Å²) in [6.07, 6.45) is 1.84. The van der Waals surface area contributed by atoms with Gasteiger partial charge in [-0.15, -0.1) is 0 Å². The number of nitrogens with two attached hydrogens (primary N) is 1. The van der Waals surface area contributed by atoms with Gasteiger partial charge in [-0.3, -0.25) is 4.79 Å². The van der Waals surface area contributed by atoms with E-state index in [2.05, 4.69) is 10.1 Å². The molecule has 116 valence electrons. The molecule has 1 aliphatic heterocycles. The molecule has 1 saturated heterocycles. The second-order valence-electron chi connectivity index (χ2n) is 5.35. The molecular formula is C15H17ClN4O2. The van der Waals surface area contributed by atoms with Crippen LogP contribution < -0.4 is 5.73 Å². The minimum Gasteiger partial charge on any atom is -0.341 e. The summed E-state index contributed by atoms with van der Waals surface area (Å²) in [5.41, 5.74) is 6.28. The van der Waals surface area contributed by atoms with Gasteiger partial charge in [-0.25, -0.2) is 0 Å². The molecule has 1 aromatic carbocycles. The number of carbonyl (C=O) groups excluding carboxylic acids is 1. The number of likely N-dealkylation sites (tertiary alicyclic amines) is 1. The molecule has 1 aliphatic rings. The molecule has 1 unspecified atom stereocenters. The molecule has 1 aromatic heterocycles. The van der Waals surface area contributed by atoms with E-state index >= 15 is 0 Å². The van der Waals surface area contributed by atoms with Gasteiger partial charge in [0, 0.05) is 23.7 Å². The molecule has 1 amide bonds. The highest BCUT2D eigenvalue weighted by atomic mass is 35.5. The Morgan fingerprint density at radius 3 is 2.91 bits per heavy atom. The minimum absolute atomic E-state index is 0.0343. The monoisotopic (exact) mass is 320 g/mol. The van der Waals surface area contributed by atoms with E-state index in [4.69, 9.17) is 21.9 Å². The molecule has 22 heavy (non-hydrogen) atoms. The van der Waals surface area contributed by atoms with Crippen molar-refractivity contribution in [2.24, 2.45) is 5.73 Å². The van der Waals surface area contributed by atoms with E-state index in [0.29, 0.717) is 23.3 Å². The summed E-state index contributed by atoms with van der Waals surface area (Å²) in [6, 6.07) is 7.27. The van der Waals surface area contributed by atoms with E-state index in [-0.39, 0.29) is 18.4 Å². The van der Waals surface area contributed by atoms with E-state index in [1.54, 1.807) is 17.0 Å². The Balaban J connectivity index is 1.75. The molecule has 0 radical (unpaired) electrons. The third-order valence-electron chi connectivity index (χ3n) is 3.84. The molecule has 2 aromatic rings. The highest BCUT2D eigenvalue weighted by Crippen LogP contribution is 2.27. The van der Waals surface area contributed by atoms with Crippen molar-refractivity contribution >= 4 is 17.5 Å². The molecule has 0 spiro atoms. The van der Waals surface area contributed by atoms with Crippen LogP contribution in [0.25, 0.3) is 11.4 Å². The summed E-state index contributed by atoms with van der Waals surface area (Å²) in [7, 11) is 0. The van der Waals surface area contributed by atoms with E-state index in [1.165, 1.54) is 0 Å². The average molecular weight is 321 g/mol. The first-order valence-electron chi connectivity index (χ1n) is 7.25. The number of amides is 1. The molecule has 0 aliphatic carbocycles. The number of aromatic nitrogens is 2. The Morgan fingerprint density at radius 2 is 2.18 bits per heavy atom. The molecule has 7 heteroatoms. The van der Waals surface area contributed by atoms with Crippen LogP contribution in [-0.4, -0.2) is 40.6 Å². The van der Waals surface area contributed by atoms with Crippen LogP contribution in [0.1, 0.15) is 24.7 Å². The van der Waals surface area contributed by atoms with Crippen LogP contribution in [0, 0.1) is 0 Å². The maximum atomic E-state index is 11.7.